The number of hydrogen-bond donors (Lipinski definition) is 2. The highest BCUT2D eigenvalue weighted by atomic mass is 35.5. The number of fused-ring (bicyclic) bond motifs is 1. The number of carboxylic acids is 1. The predicted molar refractivity (Wildman–Crippen MR) is 111 cm³/mol. The van der Waals surface area contributed by atoms with Gasteiger partial charge in [0, 0.05) is 20.1 Å². The number of halogens is 1. The number of thiophene rings is 1. The second-order valence-electron chi connectivity index (χ2n) is 7.93. The number of amides is 1. The third-order valence-electron chi connectivity index (χ3n) is 4.73. The van der Waals surface area contributed by atoms with Crippen molar-refractivity contribution in [3.05, 3.63) is 20.8 Å². The van der Waals surface area contributed by atoms with E-state index in [1.807, 2.05) is 0 Å². The van der Waals surface area contributed by atoms with Crippen LogP contribution >= 0.6 is 22.9 Å². The molecule has 166 valence electrons. The van der Waals surface area contributed by atoms with E-state index in [2.05, 4.69) is 10.3 Å². The minimum absolute atomic E-state index is 0.0293. The molecule has 0 saturated carbocycles. The zero-order valence-corrected chi connectivity index (χ0v) is 19.2. The van der Waals surface area contributed by atoms with Crippen LogP contribution in [0.1, 0.15) is 41.7 Å². The summed E-state index contributed by atoms with van der Waals surface area (Å²) in [6, 6.07) is 1.28. The monoisotopic (exact) mass is 479 g/mol. The number of aromatic carboxylic acids is 1. The van der Waals surface area contributed by atoms with Crippen LogP contribution in [0, 0.1) is 0 Å². The summed E-state index contributed by atoms with van der Waals surface area (Å²) in [5.41, 5.74) is -2.13. The molecule has 30 heavy (non-hydrogen) atoms. The van der Waals surface area contributed by atoms with Gasteiger partial charge in [0.15, 0.2) is 0 Å². The average molecular weight is 480 g/mol. The van der Waals surface area contributed by atoms with E-state index in [9.17, 15) is 23.1 Å². The van der Waals surface area contributed by atoms with Crippen LogP contribution in [0.4, 0.5) is 4.79 Å². The van der Waals surface area contributed by atoms with Gasteiger partial charge in [-0.1, -0.05) is 11.6 Å². The summed E-state index contributed by atoms with van der Waals surface area (Å²) in [6.07, 6.45) is -0.784. The van der Waals surface area contributed by atoms with Crippen molar-refractivity contribution < 1.29 is 32.6 Å². The first kappa shape index (κ1) is 22.8. The van der Waals surface area contributed by atoms with Gasteiger partial charge in [-0.2, -0.15) is 0 Å². The Labute approximate surface area is 182 Å². The standard InChI is InChI=1S/C17H22ClN3O7S2/c1-16(2,3)28-15(24)19-14-20-17(12-9(18)7-10(29-12)13(22)23)5-6-27-8-11(17)30(25,26)21(14)4/h7,11H,5-6,8H2,1-4H3,(H,22,23)(H,19,20,24)/t11?,17-/m0/s1. The highest BCUT2D eigenvalue weighted by Gasteiger charge is 2.57. The molecular weight excluding hydrogens is 458 g/mol. The van der Waals surface area contributed by atoms with Gasteiger partial charge in [0.25, 0.3) is 0 Å². The van der Waals surface area contributed by atoms with Crippen LogP contribution in [0.25, 0.3) is 0 Å². The molecule has 0 aromatic carbocycles. The average Bonchev–Trinajstić information content (AvgIpc) is 3.01. The Morgan fingerprint density at radius 2 is 2.13 bits per heavy atom. The Hall–Kier alpha value is -1.89. The molecule has 0 radical (unpaired) electrons. The third-order valence-corrected chi connectivity index (χ3v) is 8.63. The fourth-order valence-corrected chi connectivity index (χ4v) is 6.80. The third kappa shape index (κ3) is 4.01. The smallest absolute Gasteiger partial charge is 0.437 e. The number of nitrogens with zero attached hydrogens (tertiary/aromatic N) is 2. The van der Waals surface area contributed by atoms with Crippen molar-refractivity contribution in [3.8, 4) is 0 Å². The van der Waals surface area contributed by atoms with Crippen LogP contribution < -0.4 is 5.32 Å². The summed E-state index contributed by atoms with van der Waals surface area (Å²) in [5, 5.41) is 11.4. The van der Waals surface area contributed by atoms with Crippen molar-refractivity contribution in [1.82, 2.24) is 9.62 Å². The Morgan fingerprint density at radius 1 is 1.47 bits per heavy atom. The fraction of sp³-hybridized carbons (Fsp3) is 0.588. The van der Waals surface area contributed by atoms with Crippen molar-refractivity contribution in [2.45, 2.75) is 43.6 Å². The second-order valence-corrected chi connectivity index (χ2v) is 11.5. The van der Waals surface area contributed by atoms with Crippen molar-refractivity contribution in [1.29, 1.82) is 0 Å². The highest BCUT2D eigenvalue weighted by Crippen LogP contribution is 2.46. The van der Waals surface area contributed by atoms with E-state index >= 15 is 0 Å². The van der Waals surface area contributed by atoms with Gasteiger partial charge in [-0.3, -0.25) is 0 Å². The minimum atomic E-state index is -4.03. The molecule has 2 fully saturated rings. The zero-order chi connectivity index (χ0) is 22.5. The van der Waals surface area contributed by atoms with Crippen molar-refractivity contribution in [2.75, 3.05) is 20.3 Å². The van der Waals surface area contributed by atoms with Crippen LogP contribution in [0.3, 0.4) is 0 Å². The first-order chi connectivity index (χ1) is 13.8. The van der Waals surface area contributed by atoms with Gasteiger partial charge in [-0.05, 0) is 26.8 Å². The summed E-state index contributed by atoms with van der Waals surface area (Å²) in [5.74, 6) is -1.41. The Bertz CT molecular complexity index is 1020. The maximum Gasteiger partial charge on any atom is 0.437 e. The van der Waals surface area contributed by atoms with E-state index < -0.39 is 38.5 Å². The summed E-state index contributed by atoms with van der Waals surface area (Å²) >= 11 is 7.21. The van der Waals surface area contributed by atoms with Crippen LogP contribution in [0.2, 0.25) is 5.02 Å². The predicted octanol–water partition coefficient (Wildman–Crippen LogP) is 2.24. The summed E-state index contributed by atoms with van der Waals surface area (Å²) in [6.45, 7) is 5.06. The summed E-state index contributed by atoms with van der Waals surface area (Å²) in [4.78, 5) is 27.8. The zero-order valence-electron chi connectivity index (χ0n) is 16.8. The minimum Gasteiger partial charge on any atom is -0.477 e. The maximum atomic E-state index is 13.3. The molecule has 2 saturated heterocycles. The number of guanidine groups is 1. The number of sulfonamides is 1. The Kier molecular flexibility index (Phi) is 5.82. The molecule has 1 aromatic rings. The first-order valence-corrected chi connectivity index (χ1v) is 11.7. The van der Waals surface area contributed by atoms with Gasteiger partial charge >= 0.3 is 12.1 Å². The molecule has 0 aliphatic carbocycles. The molecule has 10 nitrogen and oxygen atoms in total. The molecule has 3 rings (SSSR count). The number of carbonyl (C=O) groups is 2. The number of hydrogen-bond acceptors (Lipinski definition) is 7. The number of carbonyl (C=O) groups excluding carboxylic acids is 1. The molecule has 2 aliphatic heterocycles. The largest absolute Gasteiger partial charge is 0.477 e. The first-order valence-electron chi connectivity index (χ1n) is 8.96. The molecule has 0 spiro atoms. The van der Waals surface area contributed by atoms with Gasteiger partial charge in [-0.25, -0.2) is 22.3 Å². The van der Waals surface area contributed by atoms with Crippen LogP contribution in [-0.4, -0.2) is 67.0 Å². The van der Waals surface area contributed by atoms with Gasteiger partial charge in [0.2, 0.25) is 16.0 Å². The lowest BCUT2D eigenvalue weighted by molar-refractivity contribution is 0.0439. The highest BCUT2D eigenvalue weighted by molar-refractivity contribution is 7.90. The summed E-state index contributed by atoms with van der Waals surface area (Å²) < 4.78 is 38.0. The van der Waals surface area contributed by atoms with E-state index in [1.54, 1.807) is 20.8 Å². The second kappa shape index (κ2) is 7.66. The van der Waals surface area contributed by atoms with Gasteiger partial charge < -0.3 is 19.9 Å². The molecule has 2 aliphatic rings. The molecular formula is C17H22ClN3O7S2. The van der Waals surface area contributed by atoms with E-state index in [-0.39, 0.29) is 35.5 Å². The van der Waals surface area contributed by atoms with E-state index in [1.165, 1.54) is 13.1 Å². The fourth-order valence-electron chi connectivity index (χ4n) is 3.36. The van der Waals surface area contributed by atoms with Gasteiger partial charge in [0.05, 0.1) is 22.0 Å². The molecule has 1 amide bonds. The molecule has 2 N–H and O–H groups in total. The van der Waals surface area contributed by atoms with E-state index in [0.717, 1.165) is 15.6 Å². The number of carboxylic acid groups (broad SMARTS) is 1. The van der Waals surface area contributed by atoms with Crippen molar-refractivity contribution in [2.24, 2.45) is 4.99 Å². The van der Waals surface area contributed by atoms with Crippen LogP contribution in [-0.2, 0) is 25.0 Å². The molecule has 0 bridgehead atoms. The molecule has 13 heteroatoms. The molecule has 3 heterocycles. The van der Waals surface area contributed by atoms with Gasteiger partial charge in [0.1, 0.15) is 15.7 Å². The van der Waals surface area contributed by atoms with Crippen LogP contribution in [0.15, 0.2) is 11.1 Å². The SMILES string of the molecule is CN1/C(=N\C(=O)OC(C)(C)C)N[C@@]2(c3sc(C(=O)O)cc3Cl)CCOCC2S1(=O)=O. The lowest BCUT2D eigenvalue weighted by Crippen LogP contribution is -2.70. The molecule has 1 unspecified atom stereocenters. The van der Waals surface area contributed by atoms with E-state index in [0.29, 0.717) is 4.88 Å². The Balaban J connectivity index is 2.14. The van der Waals surface area contributed by atoms with Crippen molar-refractivity contribution in [3.63, 3.8) is 0 Å². The normalized spacial score (nSPS) is 27.3. The van der Waals surface area contributed by atoms with Crippen LogP contribution in [0.5, 0.6) is 0 Å². The number of rotatable bonds is 2. The van der Waals surface area contributed by atoms with Gasteiger partial charge in [-0.15, -0.1) is 16.3 Å². The lowest BCUT2D eigenvalue weighted by Gasteiger charge is -2.49. The number of nitrogens with one attached hydrogen (secondary N) is 1. The number of ether oxygens (including phenoxy) is 2. The Morgan fingerprint density at radius 3 is 2.70 bits per heavy atom. The maximum absolute atomic E-state index is 13.3. The topological polar surface area (TPSA) is 135 Å². The molecule has 1 aromatic heterocycles. The summed E-state index contributed by atoms with van der Waals surface area (Å²) in [7, 11) is -2.76. The molecule has 2 atom stereocenters. The quantitative estimate of drug-likeness (QED) is 0.659. The van der Waals surface area contributed by atoms with E-state index in [4.69, 9.17) is 21.1 Å². The van der Waals surface area contributed by atoms with Crippen molar-refractivity contribution >= 4 is 51.0 Å². The number of aliphatic imine (C=N–C) groups is 1. The lowest BCUT2D eigenvalue weighted by atomic mass is 9.87.